The molecule has 10 heteroatoms. The van der Waals surface area contributed by atoms with Gasteiger partial charge in [0.25, 0.3) is 0 Å². The van der Waals surface area contributed by atoms with E-state index in [0.717, 1.165) is 17.8 Å². The molecule has 0 saturated carbocycles. The zero-order valence-corrected chi connectivity index (χ0v) is 15.2. The first-order valence-electron chi connectivity index (χ1n) is 6.40. The number of halogens is 1. The first-order valence-corrected chi connectivity index (χ1v) is 9.98. The number of aryl methyl sites for hydroxylation is 1. The standard InChI is InChI=1S/C11H19BrN3O4PS/c1-3-5-14(6-4-12)20(13,18)19-8-10-7-9(2)11(21-10)15(16)17/h7H,3-6,8H2,1-2H3,(H2,13,18). The second-order valence-electron chi connectivity index (χ2n) is 4.44. The van der Waals surface area contributed by atoms with E-state index in [1.807, 2.05) is 6.92 Å². The third-order valence-corrected chi connectivity index (χ3v) is 5.92. The molecule has 1 rings (SSSR count). The van der Waals surface area contributed by atoms with Gasteiger partial charge < -0.3 is 4.52 Å². The molecule has 0 spiro atoms. The van der Waals surface area contributed by atoms with Crippen LogP contribution in [0.1, 0.15) is 23.8 Å². The highest BCUT2D eigenvalue weighted by Crippen LogP contribution is 2.44. The maximum Gasteiger partial charge on any atom is 0.341 e. The lowest BCUT2D eigenvalue weighted by Crippen LogP contribution is -2.28. The van der Waals surface area contributed by atoms with Gasteiger partial charge in [0.1, 0.15) is 0 Å². The van der Waals surface area contributed by atoms with Gasteiger partial charge in [-0.2, -0.15) is 0 Å². The van der Waals surface area contributed by atoms with Crippen molar-refractivity contribution in [3.63, 3.8) is 0 Å². The molecule has 1 atom stereocenters. The second kappa shape index (κ2) is 8.36. The average molecular weight is 400 g/mol. The van der Waals surface area contributed by atoms with Crippen molar-refractivity contribution in [1.29, 1.82) is 0 Å². The van der Waals surface area contributed by atoms with Crippen molar-refractivity contribution in [3.05, 3.63) is 26.6 Å². The van der Waals surface area contributed by atoms with Crippen LogP contribution in [0.2, 0.25) is 0 Å². The Balaban J connectivity index is 2.73. The fraction of sp³-hybridized carbons (Fsp3) is 0.636. The molecule has 21 heavy (non-hydrogen) atoms. The predicted molar refractivity (Wildman–Crippen MR) is 88.0 cm³/mol. The minimum atomic E-state index is -3.39. The van der Waals surface area contributed by atoms with Gasteiger partial charge in [0, 0.05) is 28.9 Å². The molecule has 2 N–H and O–H groups in total. The van der Waals surface area contributed by atoms with E-state index >= 15 is 0 Å². The summed E-state index contributed by atoms with van der Waals surface area (Å²) in [7, 11) is -3.39. The predicted octanol–water partition coefficient (Wildman–Crippen LogP) is 3.66. The summed E-state index contributed by atoms with van der Waals surface area (Å²) in [5.74, 6) is 0. The molecule has 0 aliphatic heterocycles. The quantitative estimate of drug-likeness (QED) is 0.294. The zero-order chi connectivity index (χ0) is 16.0. The van der Waals surface area contributed by atoms with Gasteiger partial charge in [-0.3, -0.25) is 14.7 Å². The minimum absolute atomic E-state index is 0.00955. The van der Waals surface area contributed by atoms with Crippen LogP contribution < -0.4 is 5.50 Å². The number of alkyl halides is 1. The van der Waals surface area contributed by atoms with Gasteiger partial charge in [0.15, 0.2) is 0 Å². The van der Waals surface area contributed by atoms with Crippen LogP contribution in [0.15, 0.2) is 6.07 Å². The molecule has 0 aliphatic carbocycles. The molecule has 0 aromatic carbocycles. The van der Waals surface area contributed by atoms with Crippen LogP contribution >= 0.6 is 34.9 Å². The maximum absolute atomic E-state index is 12.4. The van der Waals surface area contributed by atoms with E-state index in [1.165, 1.54) is 0 Å². The van der Waals surface area contributed by atoms with Crippen LogP contribution in [0.3, 0.4) is 0 Å². The third kappa shape index (κ3) is 5.43. The van der Waals surface area contributed by atoms with Crippen LogP contribution in [0.25, 0.3) is 0 Å². The Bertz CT molecular complexity index is 534. The molecule has 0 radical (unpaired) electrons. The molecule has 1 heterocycles. The summed E-state index contributed by atoms with van der Waals surface area (Å²) in [6.07, 6.45) is 0.807. The van der Waals surface area contributed by atoms with Crippen LogP contribution in [0.5, 0.6) is 0 Å². The second-order valence-corrected chi connectivity index (χ2v) is 8.30. The topological polar surface area (TPSA) is 98.7 Å². The minimum Gasteiger partial charge on any atom is -0.300 e. The molecule has 0 bridgehead atoms. The highest BCUT2D eigenvalue weighted by Gasteiger charge is 2.27. The van der Waals surface area contributed by atoms with Crippen molar-refractivity contribution in [2.45, 2.75) is 26.9 Å². The number of hydrogen-bond acceptors (Lipinski definition) is 5. The highest BCUT2D eigenvalue weighted by atomic mass is 79.9. The van der Waals surface area contributed by atoms with Gasteiger partial charge in [-0.25, -0.2) is 10.2 Å². The Kier molecular flexibility index (Phi) is 7.46. The normalized spacial score (nSPS) is 14.3. The smallest absolute Gasteiger partial charge is 0.300 e. The van der Waals surface area contributed by atoms with Gasteiger partial charge in [0.2, 0.25) is 0 Å². The van der Waals surface area contributed by atoms with E-state index in [4.69, 9.17) is 10.0 Å². The van der Waals surface area contributed by atoms with Gasteiger partial charge in [-0.15, -0.1) is 0 Å². The van der Waals surface area contributed by atoms with Crippen molar-refractivity contribution in [3.8, 4) is 0 Å². The molecule has 0 saturated heterocycles. The molecule has 1 aromatic heterocycles. The summed E-state index contributed by atoms with van der Waals surface area (Å²) in [6, 6.07) is 1.66. The van der Waals surface area contributed by atoms with E-state index in [-0.39, 0.29) is 11.6 Å². The fourth-order valence-corrected chi connectivity index (χ4v) is 4.80. The SMILES string of the molecule is CCCN(CCBr)P(N)(=O)OCc1cc(C)c([N+](=O)[O-])s1. The van der Waals surface area contributed by atoms with Crippen molar-refractivity contribution in [2.75, 3.05) is 18.4 Å². The summed E-state index contributed by atoms with van der Waals surface area (Å²) >= 11 is 4.31. The molecule has 1 unspecified atom stereocenters. The van der Waals surface area contributed by atoms with Crippen molar-refractivity contribution >= 4 is 39.9 Å². The van der Waals surface area contributed by atoms with Gasteiger partial charge in [-0.1, -0.05) is 34.2 Å². The molecule has 0 amide bonds. The summed E-state index contributed by atoms with van der Waals surface area (Å²) in [4.78, 5) is 11.0. The Morgan fingerprint density at radius 2 is 2.24 bits per heavy atom. The first kappa shape index (κ1) is 18.7. The molecule has 7 nitrogen and oxygen atoms in total. The molecule has 0 fully saturated rings. The number of nitrogens with zero attached hydrogens (tertiary/aromatic N) is 2. The molecular weight excluding hydrogens is 381 g/mol. The average Bonchev–Trinajstić information content (AvgIpc) is 2.78. The van der Waals surface area contributed by atoms with Crippen molar-refractivity contribution in [1.82, 2.24) is 4.67 Å². The number of hydrogen-bond donors (Lipinski definition) is 1. The van der Waals surface area contributed by atoms with Crippen molar-refractivity contribution < 1.29 is 14.0 Å². The fourth-order valence-electron chi connectivity index (χ4n) is 1.77. The molecule has 120 valence electrons. The molecule has 0 aliphatic rings. The Morgan fingerprint density at radius 1 is 1.57 bits per heavy atom. The number of thiophene rings is 1. The van der Waals surface area contributed by atoms with E-state index in [0.29, 0.717) is 28.9 Å². The van der Waals surface area contributed by atoms with Gasteiger partial charge in [0.05, 0.1) is 11.5 Å². The lowest BCUT2D eigenvalue weighted by atomic mass is 10.3. The summed E-state index contributed by atoms with van der Waals surface area (Å²) in [5.41, 5.74) is 6.37. The number of nitro groups is 1. The van der Waals surface area contributed by atoms with E-state index in [9.17, 15) is 14.7 Å². The lowest BCUT2D eigenvalue weighted by molar-refractivity contribution is -0.380. The van der Waals surface area contributed by atoms with Gasteiger partial charge in [-0.05, 0) is 19.4 Å². The van der Waals surface area contributed by atoms with Crippen LogP contribution in [0.4, 0.5) is 5.00 Å². The van der Waals surface area contributed by atoms with Crippen LogP contribution in [-0.4, -0.2) is 28.0 Å². The van der Waals surface area contributed by atoms with Crippen LogP contribution in [-0.2, 0) is 15.7 Å². The highest BCUT2D eigenvalue weighted by molar-refractivity contribution is 9.09. The van der Waals surface area contributed by atoms with Gasteiger partial charge >= 0.3 is 12.7 Å². The Hall–Kier alpha value is -0.310. The van der Waals surface area contributed by atoms with Crippen LogP contribution in [0, 0.1) is 17.0 Å². The Morgan fingerprint density at radius 3 is 2.71 bits per heavy atom. The lowest BCUT2D eigenvalue weighted by Gasteiger charge is -2.26. The first-order chi connectivity index (χ1) is 9.81. The number of nitrogens with two attached hydrogens (primary N) is 1. The zero-order valence-electron chi connectivity index (χ0n) is 12.0. The molecule has 1 aromatic rings. The number of rotatable bonds is 9. The summed E-state index contributed by atoms with van der Waals surface area (Å²) in [5, 5.41) is 11.5. The van der Waals surface area contributed by atoms with Crippen molar-refractivity contribution in [2.24, 2.45) is 5.50 Å². The summed E-state index contributed by atoms with van der Waals surface area (Å²) in [6.45, 7) is 4.73. The van der Waals surface area contributed by atoms with E-state index in [1.54, 1.807) is 17.7 Å². The third-order valence-electron chi connectivity index (χ3n) is 2.72. The largest absolute Gasteiger partial charge is 0.341 e. The van der Waals surface area contributed by atoms with E-state index < -0.39 is 12.6 Å². The molecular formula is C11H19BrN3O4PS. The Labute approximate surface area is 136 Å². The van der Waals surface area contributed by atoms with E-state index in [2.05, 4.69) is 15.9 Å². The summed E-state index contributed by atoms with van der Waals surface area (Å²) < 4.78 is 19.4. The maximum atomic E-state index is 12.4. The monoisotopic (exact) mass is 399 g/mol.